The number of rotatable bonds is 6. The van der Waals surface area contributed by atoms with Crippen LogP contribution in [0.1, 0.15) is 56.5 Å². The van der Waals surface area contributed by atoms with E-state index in [0.717, 1.165) is 6.92 Å². The molecule has 0 heterocycles. The van der Waals surface area contributed by atoms with Gasteiger partial charge in [0.05, 0.1) is 12.7 Å². The van der Waals surface area contributed by atoms with Crippen LogP contribution >= 0.6 is 25.2 Å². The molecule has 0 aliphatic carbocycles. The number of allylic oxidation sites excluding steroid dienone is 1. The van der Waals surface area contributed by atoms with E-state index in [0.29, 0.717) is 26.6 Å². The fraction of sp³-hybridized carbons (Fsp3) is 0.421. The summed E-state index contributed by atoms with van der Waals surface area (Å²) in [4.78, 5) is 11.6. The van der Waals surface area contributed by atoms with E-state index in [1.54, 1.807) is 12.1 Å². The molecule has 7 heteroatoms. The fourth-order valence-electron chi connectivity index (χ4n) is 1.52. The van der Waals surface area contributed by atoms with Crippen LogP contribution in [-0.4, -0.2) is 19.0 Å². The quantitative estimate of drug-likeness (QED) is 0.449. The van der Waals surface area contributed by atoms with Crippen molar-refractivity contribution in [2.75, 3.05) is 7.11 Å². The monoisotopic (exact) mass is 449 g/mol. The molecule has 26 heavy (non-hydrogen) atoms. The summed E-state index contributed by atoms with van der Waals surface area (Å²) >= 11 is 3.29. The van der Waals surface area contributed by atoms with Crippen LogP contribution in [0.25, 0.3) is 5.70 Å². The second-order valence-electron chi connectivity index (χ2n) is 5.75. The summed E-state index contributed by atoms with van der Waals surface area (Å²) in [5, 5.41) is 3.44. The van der Waals surface area contributed by atoms with Gasteiger partial charge in [0.15, 0.2) is 0 Å². The first kappa shape index (κ1) is 24.7. The van der Waals surface area contributed by atoms with E-state index < -0.39 is 11.9 Å². The van der Waals surface area contributed by atoms with Gasteiger partial charge in [-0.05, 0) is 40.3 Å². The lowest BCUT2D eigenvalue weighted by Gasteiger charge is -2.15. The van der Waals surface area contributed by atoms with Gasteiger partial charge < -0.3 is 10.1 Å². The molecule has 1 atom stereocenters. The zero-order chi connectivity index (χ0) is 20.5. The van der Waals surface area contributed by atoms with Crippen molar-refractivity contribution in [3.8, 4) is 0 Å². The number of benzene rings is 1. The van der Waals surface area contributed by atoms with E-state index in [1.165, 1.54) is 33.1 Å². The van der Waals surface area contributed by atoms with Gasteiger partial charge in [0.2, 0.25) is 0 Å². The highest BCUT2D eigenvalue weighted by atomic mass is 79.9. The van der Waals surface area contributed by atoms with E-state index in [-0.39, 0.29) is 5.57 Å². The van der Waals surface area contributed by atoms with Crippen molar-refractivity contribution in [2.45, 2.75) is 46.5 Å². The predicted molar refractivity (Wildman–Crippen MR) is 112 cm³/mol. The van der Waals surface area contributed by atoms with Gasteiger partial charge in [-0.15, -0.1) is 9.24 Å². The Morgan fingerprint density at radius 1 is 1.35 bits per heavy atom. The van der Waals surface area contributed by atoms with Crippen molar-refractivity contribution in [1.82, 2.24) is 5.32 Å². The molecule has 0 radical (unpaired) electrons. The second kappa shape index (κ2) is 11.5. The molecule has 146 valence electrons. The number of hydrogen-bond acceptors (Lipinski definition) is 3. The van der Waals surface area contributed by atoms with E-state index in [9.17, 15) is 13.6 Å². The molecule has 0 saturated carbocycles. The first-order valence-electron chi connectivity index (χ1n) is 8.17. The molecule has 1 rings (SSSR count). The van der Waals surface area contributed by atoms with Gasteiger partial charge >= 0.3 is 5.97 Å². The standard InChI is InChI=1S/C15H17BrF2NO2P.C4H10/c1-8(15(3,17)18)7-19-9(2)10-5-12(16)11(6-13(10)22)14(20)21-4;1-3-4-2/h5-7,19H,2,22H2,1,3-4H3;3-4H2,1-2H3/b8-7+;. The van der Waals surface area contributed by atoms with Gasteiger partial charge in [0.25, 0.3) is 5.92 Å². The smallest absolute Gasteiger partial charge is 0.339 e. The number of hydrogen-bond donors (Lipinski definition) is 1. The van der Waals surface area contributed by atoms with Crippen molar-refractivity contribution < 1.29 is 18.3 Å². The summed E-state index contributed by atoms with van der Waals surface area (Å²) in [6, 6.07) is 3.30. The van der Waals surface area contributed by atoms with Crippen molar-refractivity contribution in [2.24, 2.45) is 0 Å². The first-order valence-corrected chi connectivity index (χ1v) is 9.54. The number of nitrogens with one attached hydrogen (secondary N) is 1. The largest absolute Gasteiger partial charge is 0.465 e. The van der Waals surface area contributed by atoms with Crippen molar-refractivity contribution in [3.05, 3.63) is 46.1 Å². The Kier molecular flexibility index (Phi) is 10.9. The molecule has 3 nitrogen and oxygen atoms in total. The van der Waals surface area contributed by atoms with Gasteiger partial charge in [-0.25, -0.2) is 13.6 Å². The van der Waals surface area contributed by atoms with E-state index in [2.05, 4.69) is 55.6 Å². The normalized spacial score (nSPS) is 11.3. The van der Waals surface area contributed by atoms with Crippen LogP contribution < -0.4 is 10.6 Å². The molecule has 0 aromatic heterocycles. The van der Waals surface area contributed by atoms with E-state index in [4.69, 9.17) is 0 Å². The Morgan fingerprint density at radius 2 is 1.88 bits per heavy atom. The minimum absolute atomic E-state index is 0.107. The Hall–Kier alpha value is -1.26. The van der Waals surface area contributed by atoms with Crippen LogP contribution in [0.3, 0.4) is 0 Å². The molecule has 1 unspecified atom stereocenters. The summed E-state index contributed by atoms with van der Waals surface area (Å²) in [6.45, 7) is 10.3. The maximum Gasteiger partial charge on any atom is 0.339 e. The van der Waals surface area contributed by atoms with Gasteiger partial charge in [-0.1, -0.05) is 33.3 Å². The number of methoxy groups -OCH3 is 1. The zero-order valence-corrected chi connectivity index (χ0v) is 18.6. The van der Waals surface area contributed by atoms with E-state index >= 15 is 0 Å². The molecule has 0 fully saturated rings. The van der Waals surface area contributed by atoms with Crippen molar-refractivity contribution in [3.63, 3.8) is 0 Å². The van der Waals surface area contributed by atoms with Gasteiger partial charge in [0, 0.05) is 34.4 Å². The molecule has 0 bridgehead atoms. The average molecular weight is 450 g/mol. The summed E-state index contributed by atoms with van der Waals surface area (Å²) in [5.41, 5.74) is 1.37. The van der Waals surface area contributed by atoms with Crippen molar-refractivity contribution in [1.29, 1.82) is 0 Å². The number of unbranched alkanes of at least 4 members (excludes halogenated alkanes) is 1. The van der Waals surface area contributed by atoms with Gasteiger partial charge in [-0.2, -0.15) is 0 Å². The Bertz CT molecular complexity index is 668. The molecular formula is C19H27BrF2NO2P. The van der Waals surface area contributed by atoms with Gasteiger partial charge in [-0.3, -0.25) is 0 Å². The van der Waals surface area contributed by atoms with Crippen LogP contribution in [0.5, 0.6) is 0 Å². The molecule has 0 saturated heterocycles. The predicted octanol–water partition coefficient (Wildman–Crippen LogP) is 5.66. The average Bonchev–Trinajstić information content (AvgIpc) is 2.59. The Labute approximate surface area is 165 Å². The summed E-state index contributed by atoms with van der Waals surface area (Å²) in [6.07, 6.45) is 3.86. The van der Waals surface area contributed by atoms with Crippen molar-refractivity contribution >= 4 is 42.1 Å². The molecule has 0 spiro atoms. The number of carbonyl (C=O) groups is 1. The lowest BCUT2D eigenvalue weighted by molar-refractivity contribution is 0.0598. The summed E-state index contributed by atoms with van der Waals surface area (Å²) in [7, 11) is 3.77. The number of halogens is 3. The highest BCUT2D eigenvalue weighted by Gasteiger charge is 2.23. The third-order valence-electron chi connectivity index (χ3n) is 3.52. The number of carbonyl (C=O) groups excluding carboxylic acids is 1. The zero-order valence-electron chi connectivity index (χ0n) is 15.9. The molecule has 0 aliphatic rings. The third-order valence-corrected chi connectivity index (χ3v) is 4.66. The summed E-state index contributed by atoms with van der Waals surface area (Å²) in [5.74, 6) is -3.37. The Balaban J connectivity index is 0.00000141. The minimum Gasteiger partial charge on any atom is -0.465 e. The fourth-order valence-corrected chi connectivity index (χ4v) is 2.45. The highest BCUT2D eigenvalue weighted by molar-refractivity contribution is 9.10. The van der Waals surface area contributed by atoms with Crippen LogP contribution in [0, 0.1) is 0 Å². The number of ether oxygens (including phenoxy) is 1. The minimum atomic E-state index is -2.90. The molecule has 0 amide bonds. The number of alkyl halides is 2. The van der Waals surface area contributed by atoms with Crippen LogP contribution in [0.2, 0.25) is 0 Å². The highest BCUT2D eigenvalue weighted by Crippen LogP contribution is 2.24. The lowest BCUT2D eigenvalue weighted by Crippen LogP contribution is -2.17. The first-order chi connectivity index (χ1) is 12.0. The third kappa shape index (κ3) is 7.96. The maximum absolute atomic E-state index is 13.1. The SMILES string of the molecule is C=C(N/C=C(\C)C(C)(F)F)c1cc(Br)c(C(=O)OC)cc1P.CCCC. The summed E-state index contributed by atoms with van der Waals surface area (Å²) < 4.78 is 31.4. The van der Waals surface area contributed by atoms with Crippen LogP contribution in [-0.2, 0) is 4.74 Å². The lowest BCUT2D eigenvalue weighted by atomic mass is 10.1. The van der Waals surface area contributed by atoms with Crippen LogP contribution in [0.15, 0.2) is 35.0 Å². The topological polar surface area (TPSA) is 38.3 Å². The molecule has 1 N–H and O–H groups in total. The molecule has 1 aromatic carbocycles. The van der Waals surface area contributed by atoms with E-state index in [1.807, 2.05) is 0 Å². The molecule has 0 aliphatic heterocycles. The molecule has 1 aromatic rings. The second-order valence-corrected chi connectivity index (χ2v) is 7.23. The van der Waals surface area contributed by atoms with Gasteiger partial charge in [0.1, 0.15) is 0 Å². The maximum atomic E-state index is 13.1. The molecular weight excluding hydrogens is 423 g/mol. The number of esters is 1. The van der Waals surface area contributed by atoms with Crippen LogP contribution in [0.4, 0.5) is 8.78 Å². The Morgan fingerprint density at radius 3 is 2.31 bits per heavy atom.